The lowest BCUT2D eigenvalue weighted by atomic mass is 10.0. The van der Waals surface area contributed by atoms with E-state index in [0.29, 0.717) is 17.3 Å². The third-order valence-corrected chi connectivity index (χ3v) is 5.51. The molecule has 3 aromatic rings. The van der Waals surface area contributed by atoms with Crippen LogP contribution in [0.2, 0.25) is 5.02 Å². The molecule has 2 N–H and O–H groups in total. The highest BCUT2D eigenvalue weighted by Gasteiger charge is 2.17. The average molecular weight is 412 g/mol. The molecule has 1 aromatic heterocycles. The number of fused-ring (bicyclic) bond motifs is 1. The van der Waals surface area contributed by atoms with Gasteiger partial charge in [0.1, 0.15) is 5.69 Å². The van der Waals surface area contributed by atoms with E-state index in [9.17, 15) is 4.79 Å². The van der Waals surface area contributed by atoms with Crippen LogP contribution in [0.5, 0.6) is 0 Å². The fraction of sp³-hybridized carbons (Fsp3) is 0.375. The Morgan fingerprint density at radius 1 is 1.07 bits per heavy atom. The minimum absolute atomic E-state index is 0.0475. The summed E-state index contributed by atoms with van der Waals surface area (Å²) in [5.41, 5.74) is 5.09. The quantitative estimate of drug-likeness (QED) is 0.450. The maximum absolute atomic E-state index is 12.9. The highest BCUT2D eigenvalue weighted by Crippen LogP contribution is 2.27. The maximum Gasteiger partial charge on any atom is 0.268 e. The van der Waals surface area contributed by atoms with Crippen LogP contribution >= 0.6 is 11.6 Å². The predicted molar refractivity (Wildman–Crippen MR) is 123 cm³/mol. The summed E-state index contributed by atoms with van der Waals surface area (Å²) in [7, 11) is 4.06. The van der Waals surface area contributed by atoms with Crippen LogP contribution < -0.4 is 10.2 Å². The van der Waals surface area contributed by atoms with Gasteiger partial charge in [-0.3, -0.25) is 4.79 Å². The molecule has 2 aromatic carbocycles. The molecule has 0 bridgehead atoms. The van der Waals surface area contributed by atoms with E-state index in [4.69, 9.17) is 11.6 Å². The van der Waals surface area contributed by atoms with Crippen molar-refractivity contribution in [3.8, 4) is 0 Å². The number of nitrogens with one attached hydrogen (secondary N) is 2. The molecule has 0 aliphatic carbocycles. The average Bonchev–Trinajstić information content (AvgIpc) is 3.06. The second-order valence-electron chi connectivity index (χ2n) is 7.69. The highest BCUT2D eigenvalue weighted by atomic mass is 35.5. The monoisotopic (exact) mass is 411 g/mol. The molecule has 154 valence electrons. The molecule has 29 heavy (non-hydrogen) atoms. The molecule has 0 spiro atoms. The van der Waals surface area contributed by atoms with E-state index in [-0.39, 0.29) is 5.91 Å². The Morgan fingerprint density at radius 3 is 2.52 bits per heavy atom. The van der Waals surface area contributed by atoms with Gasteiger partial charge in [-0.05, 0) is 60.7 Å². The zero-order chi connectivity index (χ0) is 20.8. The fourth-order valence-corrected chi connectivity index (χ4v) is 3.77. The van der Waals surface area contributed by atoms with E-state index >= 15 is 0 Å². The molecule has 0 atom stereocenters. The summed E-state index contributed by atoms with van der Waals surface area (Å²) in [6, 6.07) is 14.2. The first-order chi connectivity index (χ1) is 14.0. The molecular formula is C24H30ClN3O. The minimum atomic E-state index is -0.0475. The summed E-state index contributed by atoms with van der Waals surface area (Å²) in [5, 5.41) is 4.83. The Kier molecular flexibility index (Phi) is 7.21. The molecule has 1 heterocycles. The lowest BCUT2D eigenvalue weighted by Gasteiger charge is -2.12. The SMILES string of the molecule is CCCCCc1c(C(=O)NCCc2ccc(N(C)C)cc2)[nH]c2ccc(Cl)cc12. The van der Waals surface area contributed by atoms with Gasteiger partial charge in [0.05, 0.1) is 0 Å². The van der Waals surface area contributed by atoms with E-state index in [1.54, 1.807) is 0 Å². The number of carbonyl (C=O) groups is 1. The molecule has 0 unspecified atom stereocenters. The number of aryl methyl sites for hydroxylation is 1. The zero-order valence-corrected chi connectivity index (χ0v) is 18.3. The standard InChI is InChI=1S/C24H30ClN3O/c1-4-5-6-7-20-21-16-18(25)10-13-22(21)27-23(20)24(29)26-15-14-17-8-11-19(12-9-17)28(2)3/h8-13,16,27H,4-7,14-15H2,1-3H3,(H,26,29). The zero-order valence-electron chi connectivity index (χ0n) is 17.5. The summed E-state index contributed by atoms with van der Waals surface area (Å²) < 4.78 is 0. The molecule has 0 fully saturated rings. The van der Waals surface area contributed by atoms with Gasteiger partial charge in [0.2, 0.25) is 0 Å². The van der Waals surface area contributed by atoms with Gasteiger partial charge in [-0.2, -0.15) is 0 Å². The van der Waals surface area contributed by atoms with Crippen LogP contribution in [0.1, 0.15) is 47.8 Å². The van der Waals surface area contributed by atoms with E-state index in [2.05, 4.69) is 46.4 Å². The van der Waals surface area contributed by atoms with E-state index in [1.807, 2.05) is 32.3 Å². The number of benzene rings is 2. The number of aromatic nitrogens is 1. The first-order valence-electron chi connectivity index (χ1n) is 10.3. The van der Waals surface area contributed by atoms with Gasteiger partial charge in [0.25, 0.3) is 5.91 Å². The molecule has 0 saturated carbocycles. The third kappa shape index (κ3) is 5.33. The summed E-state index contributed by atoms with van der Waals surface area (Å²) >= 11 is 6.21. The number of rotatable bonds is 9. The number of amides is 1. The van der Waals surface area contributed by atoms with E-state index in [0.717, 1.165) is 48.6 Å². The third-order valence-electron chi connectivity index (χ3n) is 5.28. The Hall–Kier alpha value is -2.46. The van der Waals surface area contributed by atoms with Crippen molar-refractivity contribution in [3.63, 3.8) is 0 Å². The largest absolute Gasteiger partial charge is 0.378 e. The predicted octanol–water partition coefficient (Wildman–Crippen LogP) is 5.59. The first-order valence-corrected chi connectivity index (χ1v) is 10.7. The topological polar surface area (TPSA) is 48.1 Å². The molecule has 1 amide bonds. The van der Waals surface area contributed by atoms with Crippen LogP contribution in [0.15, 0.2) is 42.5 Å². The number of carbonyl (C=O) groups excluding carboxylic acids is 1. The van der Waals surface area contributed by atoms with E-state index < -0.39 is 0 Å². The van der Waals surface area contributed by atoms with Crippen molar-refractivity contribution in [2.45, 2.75) is 39.0 Å². The first kappa shape index (κ1) is 21.3. The normalized spacial score (nSPS) is 11.0. The molecule has 0 aliphatic rings. The summed E-state index contributed by atoms with van der Waals surface area (Å²) in [6.45, 7) is 2.79. The van der Waals surface area contributed by atoms with Gasteiger partial charge >= 0.3 is 0 Å². The van der Waals surface area contributed by atoms with E-state index in [1.165, 1.54) is 11.3 Å². The Balaban J connectivity index is 1.69. The van der Waals surface area contributed by atoms with Gasteiger partial charge in [0.15, 0.2) is 0 Å². The smallest absolute Gasteiger partial charge is 0.268 e. The van der Waals surface area contributed by atoms with Crippen molar-refractivity contribution in [2.24, 2.45) is 0 Å². The molecule has 0 aliphatic heterocycles. The summed E-state index contributed by atoms with van der Waals surface area (Å²) in [4.78, 5) is 18.3. The van der Waals surface area contributed by atoms with Gasteiger partial charge in [0, 0.05) is 42.3 Å². The molecular weight excluding hydrogens is 382 g/mol. The number of anilines is 1. The summed E-state index contributed by atoms with van der Waals surface area (Å²) in [5.74, 6) is -0.0475. The number of unbranched alkanes of at least 4 members (excludes halogenated alkanes) is 2. The number of nitrogens with zero attached hydrogens (tertiary/aromatic N) is 1. The molecule has 5 heteroatoms. The van der Waals surface area contributed by atoms with Crippen molar-refractivity contribution < 1.29 is 4.79 Å². The fourth-order valence-electron chi connectivity index (χ4n) is 3.59. The number of halogens is 1. The van der Waals surface area contributed by atoms with Crippen molar-refractivity contribution in [1.29, 1.82) is 0 Å². The lowest BCUT2D eigenvalue weighted by Crippen LogP contribution is -2.27. The number of hydrogen-bond acceptors (Lipinski definition) is 2. The second-order valence-corrected chi connectivity index (χ2v) is 8.13. The highest BCUT2D eigenvalue weighted by molar-refractivity contribution is 6.31. The molecule has 0 saturated heterocycles. The van der Waals surface area contributed by atoms with Crippen LogP contribution in [0.25, 0.3) is 10.9 Å². The van der Waals surface area contributed by atoms with Crippen molar-refractivity contribution >= 4 is 34.1 Å². The van der Waals surface area contributed by atoms with Gasteiger partial charge in [-0.1, -0.05) is 43.5 Å². The molecule has 0 radical (unpaired) electrons. The minimum Gasteiger partial charge on any atom is -0.378 e. The Bertz CT molecular complexity index is 960. The molecule has 3 rings (SSSR count). The van der Waals surface area contributed by atoms with Crippen LogP contribution in [0.4, 0.5) is 5.69 Å². The van der Waals surface area contributed by atoms with Gasteiger partial charge in [-0.15, -0.1) is 0 Å². The lowest BCUT2D eigenvalue weighted by molar-refractivity contribution is 0.0949. The van der Waals surface area contributed by atoms with Crippen molar-refractivity contribution in [3.05, 3.63) is 64.3 Å². The second kappa shape index (κ2) is 9.84. The maximum atomic E-state index is 12.9. The van der Waals surface area contributed by atoms with Crippen LogP contribution in [0, 0.1) is 0 Å². The van der Waals surface area contributed by atoms with Gasteiger partial charge in [-0.25, -0.2) is 0 Å². The van der Waals surface area contributed by atoms with Crippen LogP contribution in [-0.4, -0.2) is 31.5 Å². The van der Waals surface area contributed by atoms with Crippen molar-refractivity contribution in [1.82, 2.24) is 10.3 Å². The number of aromatic amines is 1. The number of hydrogen-bond donors (Lipinski definition) is 2. The number of H-pyrrole nitrogens is 1. The van der Waals surface area contributed by atoms with Crippen LogP contribution in [0.3, 0.4) is 0 Å². The van der Waals surface area contributed by atoms with Crippen LogP contribution in [-0.2, 0) is 12.8 Å². The summed E-state index contributed by atoms with van der Waals surface area (Å²) in [6.07, 6.45) is 5.04. The van der Waals surface area contributed by atoms with Gasteiger partial charge < -0.3 is 15.2 Å². The Labute approximate surface area is 178 Å². The Morgan fingerprint density at radius 2 is 1.83 bits per heavy atom. The van der Waals surface area contributed by atoms with Crippen molar-refractivity contribution in [2.75, 3.05) is 25.5 Å². The molecule has 4 nitrogen and oxygen atoms in total.